The smallest absolute Gasteiger partial charge is 0.257 e. The average molecular weight is 322 g/mol. The van der Waals surface area contributed by atoms with Gasteiger partial charge >= 0.3 is 0 Å². The molecule has 6 nitrogen and oxygen atoms in total. The van der Waals surface area contributed by atoms with E-state index >= 15 is 0 Å². The summed E-state index contributed by atoms with van der Waals surface area (Å²) in [5.41, 5.74) is 4.45. The summed E-state index contributed by atoms with van der Waals surface area (Å²) in [6.07, 6.45) is 3.19. The minimum absolute atomic E-state index is 0.193. The lowest BCUT2D eigenvalue weighted by Crippen LogP contribution is -2.16. The third-order valence-corrected chi connectivity index (χ3v) is 4.01. The van der Waals surface area contributed by atoms with E-state index in [0.717, 1.165) is 17.1 Å². The van der Waals surface area contributed by atoms with Gasteiger partial charge in [-0.3, -0.25) is 9.59 Å². The molecular weight excluding hydrogens is 304 g/mol. The van der Waals surface area contributed by atoms with Gasteiger partial charge in [0.15, 0.2) is 0 Å². The summed E-state index contributed by atoms with van der Waals surface area (Å²) in [6.45, 7) is 5.64. The Morgan fingerprint density at radius 2 is 1.88 bits per heavy atom. The number of carbonyl (C=O) groups excluding carboxylic acids is 1. The number of anilines is 1. The van der Waals surface area contributed by atoms with Crippen LogP contribution in [0.5, 0.6) is 0 Å². The summed E-state index contributed by atoms with van der Waals surface area (Å²) < 4.78 is 1.99. The molecule has 24 heavy (non-hydrogen) atoms. The van der Waals surface area contributed by atoms with Crippen LogP contribution in [0.2, 0.25) is 0 Å². The molecule has 0 saturated heterocycles. The molecule has 0 atom stereocenters. The second kappa shape index (κ2) is 6.16. The first-order valence-electron chi connectivity index (χ1n) is 7.57. The molecule has 0 aliphatic rings. The number of hydrogen-bond acceptors (Lipinski definition) is 3. The van der Waals surface area contributed by atoms with Crippen molar-refractivity contribution in [2.24, 2.45) is 0 Å². The number of amides is 1. The number of nitrogens with one attached hydrogen (secondary N) is 2. The predicted octanol–water partition coefficient (Wildman–Crippen LogP) is 2.74. The number of carbonyl (C=O) groups is 1. The van der Waals surface area contributed by atoms with Crippen molar-refractivity contribution >= 4 is 11.6 Å². The zero-order chi connectivity index (χ0) is 17.3. The van der Waals surface area contributed by atoms with Crippen LogP contribution in [0.1, 0.15) is 27.3 Å². The zero-order valence-corrected chi connectivity index (χ0v) is 13.8. The predicted molar refractivity (Wildman–Crippen MR) is 92.8 cm³/mol. The third-order valence-electron chi connectivity index (χ3n) is 4.01. The van der Waals surface area contributed by atoms with E-state index in [4.69, 9.17) is 0 Å². The number of aryl methyl sites for hydroxylation is 2. The summed E-state index contributed by atoms with van der Waals surface area (Å²) in [7, 11) is 0. The average Bonchev–Trinajstić information content (AvgIpc) is 2.90. The van der Waals surface area contributed by atoms with Gasteiger partial charge in [0.1, 0.15) is 0 Å². The van der Waals surface area contributed by atoms with Crippen molar-refractivity contribution < 1.29 is 4.79 Å². The van der Waals surface area contributed by atoms with E-state index in [2.05, 4.69) is 15.3 Å². The van der Waals surface area contributed by atoms with Crippen LogP contribution in [0.15, 0.2) is 47.7 Å². The maximum atomic E-state index is 12.2. The molecule has 2 N–H and O–H groups in total. The highest BCUT2D eigenvalue weighted by Gasteiger charge is 2.09. The normalized spacial score (nSPS) is 10.6. The number of benzene rings is 1. The maximum Gasteiger partial charge on any atom is 0.257 e. The van der Waals surface area contributed by atoms with Crippen molar-refractivity contribution in [1.82, 2.24) is 14.5 Å². The number of aromatic nitrogens is 3. The van der Waals surface area contributed by atoms with Crippen molar-refractivity contribution in [3.8, 4) is 5.69 Å². The minimum Gasteiger partial charge on any atom is -0.328 e. The molecule has 3 rings (SSSR count). The molecule has 1 aromatic carbocycles. The van der Waals surface area contributed by atoms with Crippen molar-refractivity contribution in [3.63, 3.8) is 0 Å². The van der Waals surface area contributed by atoms with Gasteiger partial charge in [0, 0.05) is 28.8 Å². The first-order chi connectivity index (χ1) is 11.5. The van der Waals surface area contributed by atoms with Gasteiger partial charge < -0.3 is 14.9 Å². The van der Waals surface area contributed by atoms with Crippen LogP contribution in [0.3, 0.4) is 0 Å². The molecule has 2 heterocycles. The Balaban J connectivity index is 1.78. The molecular formula is C18H18N4O2. The van der Waals surface area contributed by atoms with Crippen LogP contribution in [-0.4, -0.2) is 20.4 Å². The van der Waals surface area contributed by atoms with Gasteiger partial charge in [-0.15, -0.1) is 0 Å². The van der Waals surface area contributed by atoms with Gasteiger partial charge in [-0.05, 0) is 51.1 Å². The Morgan fingerprint density at radius 3 is 2.46 bits per heavy atom. The molecule has 0 saturated carbocycles. The Bertz CT molecular complexity index is 952. The molecule has 0 spiro atoms. The number of aromatic amines is 1. The van der Waals surface area contributed by atoms with E-state index in [1.165, 1.54) is 6.20 Å². The molecule has 0 aliphatic heterocycles. The van der Waals surface area contributed by atoms with Gasteiger partial charge in [-0.25, -0.2) is 4.98 Å². The van der Waals surface area contributed by atoms with Crippen molar-refractivity contribution in [2.45, 2.75) is 20.8 Å². The number of pyridine rings is 1. The number of H-pyrrole nitrogens is 1. The largest absolute Gasteiger partial charge is 0.328 e. The Labute approximate surface area is 139 Å². The maximum absolute atomic E-state index is 12.2. The van der Waals surface area contributed by atoms with Gasteiger partial charge in [0.2, 0.25) is 0 Å². The number of nitrogens with zero attached hydrogens (tertiary/aromatic N) is 2. The molecule has 1 amide bonds. The lowest BCUT2D eigenvalue weighted by Gasteiger charge is -2.09. The summed E-state index contributed by atoms with van der Waals surface area (Å²) in [5.74, 6) is -0.267. The van der Waals surface area contributed by atoms with Gasteiger partial charge in [0.05, 0.1) is 17.6 Å². The second-order valence-electron chi connectivity index (χ2n) is 5.69. The van der Waals surface area contributed by atoms with E-state index in [0.29, 0.717) is 16.8 Å². The minimum atomic E-state index is -0.267. The number of imidazole rings is 1. The molecule has 0 fully saturated rings. The lowest BCUT2D eigenvalue weighted by atomic mass is 10.2. The van der Waals surface area contributed by atoms with Crippen LogP contribution in [0, 0.1) is 20.8 Å². The van der Waals surface area contributed by atoms with Crippen molar-refractivity contribution in [2.75, 3.05) is 5.32 Å². The first-order valence-corrected chi connectivity index (χ1v) is 7.57. The highest BCUT2D eigenvalue weighted by molar-refractivity contribution is 6.04. The van der Waals surface area contributed by atoms with Crippen LogP contribution in [0.25, 0.3) is 5.69 Å². The standard InChI is InChI=1S/C18H18N4O2/c1-11-8-14(9-19-17(11)23)18(24)21-15-4-6-16(7-5-15)22-10-20-12(2)13(22)3/h4-10H,1-3H3,(H,19,23)(H,21,24). The third kappa shape index (κ3) is 2.99. The Kier molecular flexibility index (Phi) is 4.04. The molecule has 0 bridgehead atoms. The summed E-state index contributed by atoms with van der Waals surface area (Å²) in [5, 5.41) is 2.82. The van der Waals surface area contributed by atoms with Crippen LogP contribution in [-0.2, 0) is 0 Å². The fraction of sp³-hybridized carbons (Fsp3) is 0.167. The highest BCUT2D eigenvalue weighted by atomic mass is 16.1. The molecule has 0 aliphatic carbocycles. The van der Waals surface area contributed by atoms with Gasteiger partial charge in [-0.2, -0.15) is 0 Å². The van der Waals surface area contributed by atoms with Crippen LogP contribution < -0.4 is 10.9 Å². The van der Waals surface area contributed by atoms with Gasteiger partial charge in [0.25, 0.3) is 11.5 Å². The fourth-order valence-corrected chi connectivity index (χ4v) is 2.40. The van der Waals surface area contributed by atoms with E-state index in [9.17, 15) is 9.59 Å². The summed E-state index contributed by atoms with van der Waals surface area (Å²) in [4.78, 5) is 30.4. The highest BCUT2D eigenvalue weighted by Crippen LogP contribution is 2.17. The summed E-state index contributed by atoms with van der Waals surface area (Å²) >= 11 is 0. The molecule has 122 valence electrons. The molecule has 3 aromatic rings. The topological polar surface area (TPSA) is 79.8 Å². The summed E-state index contributed by atoms with van der Waals surface area (Å²) in [6, 6.07) is 9.07. The zero-order valence-electron chi connectivity index (χ0n) is 13.8. The molecule has 0 unspecified atom stereocenters. The SMILES string of the molecule is Cc1ncn(-c2ccc(NC(=O)c3c[nH]c(=O)c(C)c3)cc2)c1C. The molecule has 6 heteroatoms. The van der Waals surface area contributed by atoms with Crippen molar-refractivity contribution in [1.29, 1.82) is 0 Å². The number of rotatable bonds is 3. The molecule has 0 radical (unpaired) electrons. The quantitative estimate of drug-likeness (QED) is 0.778. The number of hydrogen-bond donors (Lipinski definition) is 2. The first kappa shape index (κ1) is 15.7. The van der Waals surface area contributed by atoms with Gasteiger partial charge in [-0.1, -0.05) is 0 Å². The Morgan fingerprint density at radius 1 is 1.17 bits per heavy atom. The van der Waals surface area contributed by atoms with E-state index < -0.39 is 0 Å². The Hall–Kier alpha value is -3.15. The molecule has 2 aromatic heterocycles. The fourth-order valence-electron chi connectivity index (χ4n) is 2.40. The monoisotopic (exact) mass is 322 g/mol. The van der Waals surface area contributed by atoms with Crippen LogP contribution >= 0.6 is 0 Å². The van der Waals surface area contributed by atoms with Crippen molar-refractivity contribution in [3.05, 3.63) is 75.7 Å². The second-order valence-corrected chi connectivity index (χ2v) is 5.69. The van der Waals surface area contributed by atoms with E-state index in [-0.39, 0.29) is 11.5 Å². The van der Waals surface area contributed by atoms with E-state index in [1.807, 2.05) is 42.7 Å². The lowest BCUT2D eigenvalue weighted by molar-refractivity contribution is 0.102. The van der Waals surface area contributed by atoms with E-state index in [1.54, 1.807) is 19.3 Å². The van der Waals surface area contributed by atoms with Crippen LogP contribution in [0.4, 0.5) is 5.69 Å².